The zero-order valence-electron chi connectivity index (χ0n) is 29.1. The lowest BCUT2D eigenvalue weighted by Crippen LogP contribution is -2.47. The summed E-state index contributed by atoms with van der Waals surface area (Å²) in [7, 11) is 2.48. The lowest BCUT2D eigenvalue weighted by Gasteiger charge is -2.32. The van der Waals surface area contributed by atoms with Crippen LogP contribution in [0.4, 0.5) is 0 Å². The van der Waals surface area contributed by atoms with Gasteiger partial charge in [-0.3, -0.25) is 14.6 Å². The average Bonchev–Trinajstić information content (AvgIpc) is 3.34. The molecule has 2 aliphatic heterocycles. The van der Waals surface area contributed by atoms with E-state index in [9.17, 15) is 18.0 Å². The maximum absolute atomic E-state index is 14.1. The second kappa shape index (κ2) is 13.7. The Hall–Kier alpha value is -4.52. The molecule has 4 aromatic rings. The smallest absolute Gasteiger partial charge is 0.303 e. The predicted molar refractivity (Wildman–Crippen MR) is 195 cm³/mol. The Morgan fingerprint density at radius 1 is 0.980 bits per heavy atom. The zero-order valence-corrected chi connectivity index (χ0v) is 29.9. The molecule has 0 unspecified atom stereocenters. The van der Waals surface area contributed by atoms with Gasteiger partial charge >= 0.3 is 10.2 Å². The molecule has 0 bridgehead atoms. The van der Waals surface area contributed by atoms with Crippen molar-refractivity contribution in [3.05, 3.63) is 82.7 Å². The Balaban J connectivity index is 1.43. The van der Waals surface area contributed by atoms with Crippen LogP contribution in [0.15, 0.2) is 54.7 Å². The maximum Gasteiger partial charge on any atom is 0.303 e. The van der Waals surface area contributed by atoms with Gasteiger partial charge in [-0.1, -0.05) is 25.3 Å². The maximum atomic E-state index is 14.1. The van der Waals surface area contributed by atoms with E-state index in [1.165, 1.54) is 26.1 Å². The van der Waals surface area contributed by atoms with Crippen molar-refractivity contribution in [2.45, 2.75) is 44.6 Å². The van der Waals surface area contributed by atoms with Gasteiger partial charge in [-0.25, -0.2) is 4.72 Å². The van der Waals surface area contributed by atoms with E-state index in [2.05, 4.69) is 33.4 Å². The summed E-state index contributed by atoms with van der Waals surface area (Å²) < 4.78 is 36.3. The Labute approximate surface area is 293 Å². The zero-order chi connectivity index (χ0) is 35.2. The Morgan fingerprint density at radius 3 is 2.46 bits per heavy atom. The molecule has 262 valence electrons. The molecular formula is C38H44N6O5S. The fourth-order valence-electron chi connectivity index (χ4n) is 7.61. The van der Waals surface area contributed by atoms with Crippen LogP contribution in [-0.2, 0) is 16.8 Å². The highest BCUT2D eigenvalue weighted by Gasteiger charge is 2.32. The molecule has 50 heavy (non-hydrogen) atoms. The molecule has 1 saturated heterocycles. The molecule has 1 aliphatic carbocycles. The number of rotatable bonds is 7. The standard InChI is InChI=1S/C38H44N6O5S/c1-41(2)50(47,48)40-37(45)26-12-14-31-33(23-26)44-24-28(35-32(11-8-16-39-35)38(46)43-19-17-42(3)18-20-43)21-27-22-29(49-4)13-15-30(27)36(44)34(31)25-9-6-5-7-10-25/h8,11-16,21-23,25H,5-7,9-10,17-20,24H2,1-4H3,(H,40,45). The Kier molecular flexibility index (Phi) is 9.27. The first-order chi connectivity index (χ1) is 24.1. The number of nitrogens with one attached hydrogen (secondary N) is 1. The molecule has 2 amide bonds. The number of piperazine rings is 1. The van der Waals surface area contributed by atoms with Crippen molar-refractivity contribution in [1.29, 1.82) is 0 Å². The van der Waals surface area contributed by atoms with Crippen molar-refractivity contribution >= 4 is 44.6 Å². The predicted octanol–water partition coefficient (Wildman–Crippen LogP) is 5.24. The van der Waals surface area contributed by atoms with Gasteiger partial charge in [0, 0.05) is 68.5 Å². The number of likely N-dealkylation sites (N-methyl/N-ethyl adjacent to an activating group) is 1. The molecule has 2 fully saturated rings. The van der Waals surface area contributed by atoms with Crippen molar-refractivity contribution in [2.24, 2.45) is 0 Å². The summed E-state index contributed by atoms with van der Waals surface area (Å²) in [6, 6.07) is 15.2. The highest BCUT2D eigenvalue weighted by atomic mass is 32.2. The highest BCUT2D eigenvalue weighted by molar-refractivity contribution is 7.87. The van der Waals surface area contributed by atoms with Crippen LogP contribution >= 0.6 is 0 Å². The molecule has 11 nitrogen and oxygen atoms in total. The SMILES string of the molecule is COc1ccc2c(c1)C=C(c1ncccc1C(=O)N1CCN(C)CC1)Cn1c-2c(C2CCCCC2)c2ccc(C(=O)NS(=O)(=O)N(C)C)cc21. The van der Waals surface area contributed by atoms with Crippen LogP contribution in [0.1, 0.15) is 75.6 Å². The first kappa shape index (κ1) is 34.0. The van der Waals surface area contributed by atoms with Gasteiger partial charge in [0.15, 0.2) is 0 Å². The van der Waals surface area contributed by atoms with E-state index < -0.39 is 16.1 Å². The minimum absolute atomic E-state index is 0.0428. The van der Waals surface area contributed by atoms with Gasteiger partial charge in [0.2, 0.25) is 0 Å². The van der Waals surface area contributed by atoms with E-state index >= 15 is 0 Å². The van der Waals surface area contributed by atoms with E-state index in [0.717, 1.165) is 82.1 Å². The molecule has 3 aliphatic rings. The molecular weight excluding hydrogens is 653 g/mol. The number of carbonyl (C=O) groups excluding carboxylic acids is 2. The molecule has 7 rings (SSSR count). The third-order valence-corrected chi connectivity index (χ3v) is 11.8. The lowest BCUT2D eigenvalue weighted by molar-refractivity contribution is 0.0663. The lowest BCUT2D eigenvalue weighted by atomic mass is 9.81. The van der Waals surface area contributed by atoms with Crippen molar-refractivity contribution in [2.75, 3.05) is 54.4 Å². The summed E-state index contributed by atoms with van der Waals surface area (Å²) >= 11 is 0. The van der Waals surface area contributed by atoms with Gasteiger partial charge in [-0.2, -0.15) is 12.7 Å². The molecule has 0 spiro atoms. The fraction of sp³-hybridized carbons (Fsp3) is 0.395. The average molecular weight is 697 g/mol. The second-order valence-corrected chi connectivity index (χ2v) is 15.6. The van der Waals surface area contributed by atoms with E-state index in [0.29, 0.717) is 36.8 Å². The molecule has 1 N–H and O–H groups in total. The van der Waals surface area contributed by atoms with Gasteiger partial charge in [-0.15, -0.1) is 0 Å². The minimum atomic E-state index is -3.99. The van der Waals surface area contributed by atoms with Gasteiger partial charge in [0.25, 0.3) is 11.8 Å². The van der Waals surface area contributed by atoms with Crippen molar-refractivity contribution in [3.63, 3.8) is 0 Å². The minimum Gasteiger partial charge on any atom is -0.497 e. The number of amides is 2. The van der Waals surface area contributed by atoms with Gasteiger partial charge < -0.3 is 19.1 Å². The van der Waals surface area contributed by atoms with E-state index in [1.54, 1.807) is 25.4 Å². The number of fused-ring (bicyclic) bond motifs is 5. The summed E-state index contributed by atoms with van der Waals surface area (Å²) in [6.45, 7) is 3.30. The van der Waals surface area contributed by atoms with Crippen LogP contribution in [-0.4, -0.2) is 98.3 Å². The largest absolute Gasteiger partial charge is 0.497 e. The number of nitrogens with zero attached hydrogens (tertiary/aromatic N) is 5. The number of pyridine rings is 1. The third-order valence-electron chi connectivity index (χ3n) is 10.4. The number of hydrogen-bond acceptors (Lipinski definition) is 7. The molecule has 12 heteroatoms. The fourth-order valence-corrected chi connectivity index (χ4v) is 8.14. The van der Waals surface area contributed by atoms with E-state index in [-0.39, 0.29) is 11.5 Å². The topological polar surface area (TPSA) is 117 Å². The van der Waals surface area contributed by atoms with Gasteiger partial charge in [-0.05, 0) is 91.0 Å². The number of allylic oxidation sites excluding steroid dienone is 1. The molecule has 1 saturated carbocycles. The summed E-state index contributed by atoms with van der Waals surface area (Å²) in [6.07, 6.45) is 9.46. The van der Waals surface area contributed by atoms with E-state index in [4.69, 9.17) is 9.72 Å². The number of ether oxygens (including phenoxy) is 1. The van der Waals surface area contributed by atoms with Gasteiger partial charge in [0.1, 0.15) is 5.75 Å². The summed E-state index contributed by atoms with van der Waals surface area (Å²) in [5, 5.41) is 1.04. The highest BCUT2D eigenvalue weighted by Crippen LogP contribution is 2.48. The molecule has 0 radical (unpaired) electrons. The second-order valence-electron chi connectivity index (χ2n) is 13.8. The first-order valence-electron chi connectivity index (χ1n) is 17.3. The first-order valence-corrected chi connectivity index (χ1v) is 18.7. The summed E-state index contributed by atoms with van der Waals surface area (Å²) in [5.74, 6) is 0.296. The normalized spacial score (nSPS) is 17.2. The van der Waals surface area contributed by atoms with Crippen LogP contribution in [0, 0.1) is 0 Å². The third kappa shape index (κ3) is 6.31. The molecule has 2 aromatic carbocycles. The molecule has 0 atom stereocenters. The van der Waals surface area contributed by atoms with Crippen LogP contribution in [0.3, 0.4) is 0 Å². The summed E-state index contributed by atoms with van der Waals surface area (Å²) in [5.41, 5.74) is 7.38. The Bertz CT molecular complexity index is 2110. The van der Waals surface area contributed by atoms with Gasteiger partial charge in [0.05, 0.1) is 30.6 Å². The number of methoxy groups -OCH3 is 1. The van der Waals surface area contributed by atoms with Crippen LogP contribution < -0.4 is 9.46 Å². The molecule has 2 aromatic heterocycles. The number of hydrogen-bond donors (Lipinski definition) is 1. The number of benzene rings is 2. The number of carbonyl (C=O) groups is 2. The van der Waals surface area contributed by atoms with Crippen LogP contribution in [0.5, 0.6) is 5.75 Å². The summed E-state index contributed by atoms with van der Waals surface area (Å²) in [4.78, 5) is 36.4. The van der Waals surface area contributed by atoms with Crippen molar-refractivity contribution in [1.82, 2.24) is 28.4 Å². The Morgan fingerprint density at radius 2 is 1.74 bits per heavy atom. The quantitative estimate of drug-likeness (QED) is 0.281. The van der Waals surface area contributed by atoms with Crippen molar-refractivity contribution in [3.8, 4) is 17.0 Å². The van der Waals surface area contributed by atoms with Crippen LogP contribution in [0.2, 0.25) is 0 Å². The van der Waals surface area contributed by atoms with Crippen molar-refractivity contribution < 1.29 is 22.7 Å². The van der Waals surface area contributed by atoms with Crippen LogP contribution in [0.25, 0.3) is 33.8 Å². The number of aromatic nitrogens is 2. The van der Waals surface area contributed by atoms with E-state index in [1.807, 2.05) is 35.2 Å². The monoisotopic (exact) mass is 696 g/mol. The molecule has 4 heterocycles.